The molecule has 2 saturated heterocycles. The number of rotatable bonds is 6. The van der Waals surface area contributed by atoms with Gasteiger partial charge in [0.05, 0.1) is 26.2 Å². The molecule has 2 aliphatic heterocycles. The first-order chi connectivity index (χ1) is 13.5. The van der Waals surface area contributed by atoms with Gasteiger partial charge in [0.2, 0.25) is 11.8 Å². The summed E-state index contributed by atoms with van der Waals surface area (Å²) >= 11 is 0. The molecule has 2 amide bonds. The fourth-order valence-corrected chi connectivity index (χ4v) is 3.33. The molecule has 0 aromatic heterocycles. The molecular formula is C19H25F2N3O4. The zero-order chi connectivity index (χ0) is 19.9. The second kappa shape index (κ2) is 9.79. The molecular weight excluding hydrogens is 372 g/mol. The van der Waals surface area contributed by atoms with Gasteiger partial charge in [-0.1, -0.05) is 12.1 Å². The maximum atomic E-state index is 12.5. The van der Waals surface area contributed by atoms with Crippen molar-refractivity contribution in [3.63, 3.8) is 0 Å². The first-order valence-electron chi connectivity index (χ1n) is 9.40. The first-order valence-corrected chi connectivity index (χ1v) is 9.40. The van der Waals surface area contributed by atoms with E-state index in [4.69, 9.17) is 4.74 Å². The number of alkyl halides is 2. The first kappa shape index (κ1) is 20.5. The van der Waals surface area contributed by atoms with Crippen molar-refractivity contribution in [2.24, 2.45) is 0 Å². The lowest BCUT2D eigenvalue weighted by atomic mass is 10.1. The van der Waals surface area contributed by atoms with E-state index < -0.39 is 6.61 Å². The summed E-state index contributed by atoms with van der Waals surface area (Å²) in [4.78, 5) is 30.5. The van der Waals surface area contributed by atoms with Gasteiger partial charge in [0, 0.05) is 39.3 Å². The number of carbonyl (C=O) groups excluding carboxylic acids is 2. The summed E-state index contributed by atoms with van der Waals surface area (Å²) < 4.78 is 33.9. The number of hydrogen-bond donors (Lipinski definition) is 0. The smallest absolute Gasteiger partial charge is 0.387 e. The maximum Gasteiger partial charge on any atom is 0.387 e. The van der Waals surface area contributed by atoms with Gasteiger partial charge in [0.1, 0.15) is 5.75 Å². The maximum absolute atomic E-state index is 12.5. The van der Waals surface area contributed by atoms with E-state index in [1.807, 2.05) is 0 Å². The van der Waals surface area contributed by atoms with E-state index in [9.17, 15) is 18.4 Å². The number of amides is 2. The molecule has 7 nitrogen and oxygen atoms in total. The third-order valence-corrected chi connectivity index (χ3v) is 4.95. The lowest BCUT2D eigenvalue weighted by Gasteiger charge is -2.36. The van der Waals surface area contributed by atoms with Crippen molar-refractivity contribution in [2.45, 2.75) is 13.0 Å². The number of hydrogen-bond acceptors (Lipinski definition) is 5. The summed E-state index contributed by atoms with van der Waals surface area (Å²) in [5, 5.41) is 0. The molecule has 2 heterocycles. The molecule has 9 heteroatoms. The molecule has 0 bridgehead atoms. The number of carbonyl (C=O) groups is 2. The molecule has 0 unspecified atom stereocenters. The van der Waals surface area contributed by atoms with Crippen molar-refractivity contribution >= 4 is 11.8 Å². The Balaban J connectivity index is 1.42. The summed E-state index contributed by atoms with van der Waals surface area (Å²) in [6, 6.07) is 6.07. The Labute approximate surface area is 162 Å². The molecule has 1 aromatic carbocycles. The normalized spacial score (nSPS) is 18.4. The minimum atomic E-state index is -2.87. The van der Waals surface area contributed by atoms with Crippen molar-refractivity contribution in [3.05, 3.63) is 29.8 Å². The fraction of sp³-hybridized carbons (Fsp3) is 0.579. The number of ether oxygens (including phenoxy) is 2. The lowest BCUT2D eigenvalue weighted by Crippen LogP contribution is -2.53. The summed E-state index contributed by atoms with van der Waals surface area (Å²) in [7, 11) is 0. The number of halogens is 2. The van der Waals surface area contributed by atoms with Crippen LogP contribution in [0.2, 0.25) is 0 Å². The molecule has 0 saturated carbocycles. The van der Waals surface area contributed by atoms with Gasteiger partial charge >= 0.3 is 6.61 Å². The predicted octanol–water partition coefficient (Wildman–Crippen LogP) is 0.833. The van der Waals surface area contributed by atoms with E-state index in [1.54, 1.807) is 21.9 Å². The Bertz CT molecular complexity index is 658. The van der Waals surface area contributed by atoms with E-state index in [0.29, 0.717) is 45.9 Å². The fourth-order valence-electron chi connectivity index (χ4n) is 3.33. The Morgan fingerprint density at radius 3 is 2.07 bits per heavy atom. The second-order valence-electron chi connectivity index (χ2n) is 6.85. The highest BCUT2D eigenvalue weighted by Gasteiger charge is 2.25. The second-order valence-corrected chi connectivity index (χ2v) is 6.85. The van der Waals surface area contributed by atoms with Crippen LogP contribution in [-0.2, 0) is 20.7 Å². The van der Waals surface area contributed by atoms with Gasteiger partial charge in [-0.2, -0.15) is 8.78 Å². The van der Waals surface area contributed by atoms with E-state index in [-0.39, 0.29) is 24.0 Å². The molecule has 28 heavy (non-hydrogen) atoms. The van der Waals surface area contributed by atoms with Gasteiger partial charge in [-0.05, 0) is 17.7 Å². The number of piperazine rings is 1. The van der Waals surface area contributed by atoms with Crippen LogP contribution in [0.3, 0.4) is 0 Å². The molecule has 0 radical (unpaired) electrons. The number of morpholine rings is 1. The average molecular weight is 397 g/mol. The van der Waals surface area contributed by atoms with Crippen LogP contribution in [0.25, 0.3) is 0 Å². The van der Waals surface area contributed by atoms with Gasteiger partial charge in [-0.3, -0.25) is 14.5 Å². The van der Waals surface area contributed by atoms with E-state index in [2.05, 4.69) is 9.64 Å². The highest BCUT2D eigenvalue weighted by molar-refractivity contribution is 5.80. The monoisotopic (exact) mass is 397 g/mol. The largest absolute Gasteiger partial charge is 0.435 e. The van der Waals surface area contributed by atoms with Crippen molar-refractivity contribution < 1.29 is 27.8 Å². The molecule has 154 valence electrons. The molecule has 1 aromatic rings. The Hall–Kier alpha value is -2.26. The Morgan fingerprint density at radius 2 is 1.50 bits per heavy atom. The van der Waals surface area contributed by atoms with Crippen molar-refractivity contribution in [2.75, 3.05) is 59.0 Å². The molecule has 0 spiro atoms. The Kier molecular flexibility index (Phi) is 7.16. The van der Waals surface area contributed by atoms with Crippen LogP contribution in [0.5, 0.6) is 5.75 Å². The van der Waals surface area contributed by atoms with Crippen molar-refractivity contribution in [1.29, 1.82) is 0 Å². The molecule has 3 rings (SSSR count). The lowest BCUT2D eigenvalue weighted by molar-refractivity contribution is -0.140. The molecule has 2 fully saturated rings. The van der Waals surface area contributed by atoms with Crippen LogP contribution >= 0.6 is 0 Å². The minimum absolute atomic E-state index is 0.0391. The predicted molar refractivity (Wildman–Crippen MR) is 97.2 cm³/mol. The SMILES string of the molecule is O=C(Cc1ccc(OC(F)F)cc1)N1CCN(C(=O)CN2CCOCC2)CC1. The van der Waals surface area contributed by atoms with Gasteiger partial charge in [-0.25, -0.2) is 0 Å². The molecule has 2 aliphatic rings. The van der Waals surface area contributed by atoms with Crippen LogP contribution < -0.4 is 4.74 Å². The quantitative estimate of drug-likeness (QED) is 0.712. The van der Waals surface area contributed by atoms with E-state index in [0.717, 1.165) is 18.7 Å². The van der Waals surface area contributed by atoms with Crippen LogP contribution in [-0.4, -0.2) is 92.2 Å². The summed E-state index contributed by atoms with van der Waals surface area (Å²) in [6.45, 7) is 2.43. The van der Waals surface area contributed by atoms with Gasteiger partial charge in [-0.15, -0.1) is 0 Å². The standard InChI is InChI=1S/C19H25F2N3O4/c20-19(21)28-16-3-1-15(2-4-16)13-17(25)23-5-7-24(8-6-23)18(26)14-22-9-11-27-12-10-22/h1-4,19H,5-14H2. The zero-order valence-corrected chi connectivity index (χ0v) is 15.7. The minimum Gasteiger partial charge on any atom is -0.435 e. The van der Waals surface area contributed by atoms with Crippen LogP contribution in [0, 0.1) is 0 Å². The number of nitrogens with zero attached hydrogens (tertiary/aromatic N) is 3. The van der Waals surface area contributed by atoms with E-state index in [1.165, 1.54) is 12.1 Å². The highest BCUT2D eigenvalue weighted by Crippen LogP contribution is 2.16. The average Bonchev–Trinajstić information content (AvgIpc) is 2.70. The van der Waals surface area contributed by atoms with Crippen LogP contribution in [0.15, 0.2) is 24.3 Å². The highest BCUT2D eigenvalue weighted by atomic mass is 19.3. The zero-order valence-electron chi connectivity index (χ0n) is 15.7. The summed E-state index contributed by atoms with van der Waals surface area (Å²) in [5.74, 6) is 0.116. The van der Waals surface area contributed by atoms with Gasteiger partial charge in [0.15, 0.2) is 0 Å². The van der Waals surface area contributed by atoms with Gasteiger partial charge < -0.3 is 19.3 Å². The van der Waals surface area contributed by atoms with Crippen LogP contribution in [0.4, 0.5) is 8.78 Å². The molecule has 0 aliphatic carbocycles. The molecule has 0 N–H and O–H groups in total. The molecule has 0 atom stereocenters. The third-order valence-electron chi connectivity index (χ3n) is 4.95. The Morgan fingerprint density at radius 1 is 0.929 bits per heavy atom. The van der Waals surface area contributed by atoms with Crippen molar-refractivity contribution in [1.82, 2.24) is 14.7 Å². The third kappa shape index (κ3) is 5.87. The van der Waals surface area contributed by atoms with Crippen molar-refractivity contribution in [3.8, 4) is 5.75 Å². The summed E-state index contributed by atoms with van der Waals surface area (Å²) in [5.41, 5.74) is 0.734. The number of benzene rings is 1. The van der Waals surface area contributed by atoms with E-state index >= 15 is 0 Å². The topological polar surface area (TPSA) is 62.3 Å². The van der Waals surface area contributed by atoms with Crippen LogP contribution in [0.1, 0.15) is 5.56 Å². The van der Waals surface area contributed by atoms with Gasteiger partial charge in [0.25, 0.3) is 0 Å². The summed E-state index contributed by atoms with van der Waals surface area (Å²) in [6.07, 6.45) is 0.191.